The topological polar surface area (TPSA) is 26.3 Å². The van der Waals surface area contributed by atoms with Gasteiger partial charge in [-0.15, -0.1) is 12.4 Å². The third kappa shape index (κ3) is 9.72. The highest BCUT2D eigenvalue weighted by atomic mass is 35.5. The molecule has 0 amide bonds. The van der Waals surface area contributed by atoms with E-state index in [9.17, 15) is 4.79 Å². The number of carbonyl (C=O) groups is 1. The highest BCUT2D eigenvalue weighted by molar-refractivity contribution is 5.85. The van der Waals surface area contributed by atoms with Crippen molar-refractivity contribution in [2.45, 2.75) is 13.3 Å². The van der Waals surface area contributed by atoms with Gasteiger partial charge in [0.1, 0.15) is 13.2 Å². The Morgan fingerprint density at radius 3 is 2.17 bits per heavy atom. The maximum Gasteiger partial charge on any atom is 0.305 e. The van der Waals surface area contributed by atoms with E-state index in [4.69, 9.17) is 4.74 Å². The number of nitrogens with zero attached hydrogens (tertiary/aromatic N) is 1. The van der Waals surface area contributed by atoms with Gasteiger partial charge in [-0.2, -0.15) is 0 Å². The second kappa shape index (κ2) is 6.26. The molecular weight excluding hydrogens is 178 g/mol. The quantitative estimate of drug-likeness (QED) is 0.497. The molecule has 0 aromatic heterocycles. The summed E-state index contributed by atoms with van der Waals surface area (Å²) in [6, 6.07) is 0. The maximum atomic E-state index is 10.7. The van der Waals surface area contributed by atoms with Crippen LogP contribution in [0.1, 0.15) is 13.3 Å². The average molecular weight is 197 g/mol. The van der Waals surface area contributed by atoms with Crippen molar-refractivity contribution < 1.29 is 14.0 Å². The summed E-state index contributed by atoms with van der Waals surface area (Å²) in [5.74, 6) is -0.113. The van der Waals surface area contributed by atoms with E-state index in [2.05, 4.69) is 21.1 Å². The van der Waals surface area contributed by atoms with E-state index >= 15 is 0 Å². The molecule has 0 atom stereocenters. The first-order valence-electron chi connectivity index (χ1n) is 3.92. The second-order valence-electron chi connectivity index (χ2n) is 3.59. The Hall–Kier alpha value is -0.280. The summed E-state index contributed by atoms with van der Waals surface area (Å²) in [5.41, 5.74) is 0. The van der Waals surface area contributed by atoms with Crippen LogP contribution >= 0.6 is 12.4 Å². The van der Waals surface area contributed by atoms with E-state index in [1.807, 2.05) is 0 Å². The summed E-state index contributed by atoms with van der Waals surface area (Å²) in [4.78, 5) is 10.7. The average Bonchev–Trinajstić information content (AvgIpc) is 1.85. The van der Waals surface area contributed by atoms with Gasteiger partial charge in [-0.1, -0.05) is 6.92 Å². The molecule has 0 radical (unpaired) electrons. The molecular formula is C8H19ClNO2+. The molecule has 74 valence electrons. The lowest BCUT2D eigenvalue weighted by Crippen LogP contribution is -2.37. The summed E-state index contributed by atoms with van der Waals surface area (Å²) in [6.45, 7) is 3.19. The lowest BCUT2D eigenvalue weighted by Gasteiger charge is -2.23. The third-order valence-corrected chi connectivity index (χ3v) is 1.31. The lowest BCUT2D eigenvalue weighted by molar-refractivity contribution is -0.870. The molecule has 0 saturated carbocycles. The molecule has 0 aliphatic carbocycles. The zero-order chi connectivity index (χ0) is 8.91. The molecule has 0 bridgehead atoms. The summed E-state index contributed by atoms with van der Waals surface area (Å²) in [6.07, 6.45) is 0.469. The molecule has 0 unspecified atom stereocenters. The first kappa shape index (κ1) is 14.3. The van der Waals surface area contributed by atoms with Crippen LogP contribution in [0, 0.1) is 0 Å². The predicted octanol–water partition coefficient (Wildman–Crippen LogP) is 1.07. The Morgan fingerprint density at radius 1 is 1.33 bits per heavy atom. The van der Waals surface area contributed by atoms with Gasteiger partial charge in [0.15, 0.2) is 0 Å². The van der Waals surface area contributed by atoms with Crippen LogP contribution < -0.4 is 0 Å². The summed E-state index contributed by atoms with van der Waals surface area (Å²) in [5, 5.41) is 0. The van der Waals surface area contributed by atoms with Crippen LogP contribution in [0.25, 0.3) is 0 Å². The maximum absolute atomic E-state index is 10.7. The molecule has 0 spiro atoms. The zero-order valence-electron chi connectivity index (χ0n) is 8.29. The first-order valence-corrected chi connectivity index (χ1v) is 3.92. The number of halogens is 1. The molecule has 0 N–H and O–H groups in total. The fourth-order valence-electron chi connectivity index (χ4n) is 0.535. The van der Waals surface area contributed by atoms with E-state index in [0.29, 0.717) is 13.0 Å². The predicted molar refractivity (Wildman–Crippen MR) is 51.4 cm³/mol. The van der Waals surface area contributed by atoms with Crippen LogP contribution in [0.15, 0.2) is 0 Å². The zero-order valence-corrected chi connectivity index (χ0v) is 9.11. The molecule has 0 aliphatic rings. The van der Waals surface area contributed by atoms with Crippen LogP contribution in [0.4, 0.5) is 0 Å². The molecule has 0 aromatic carbocycles. The molecule has 0 fully saturated rings. The van der Waals surface area contributed by atoms with Gasteiger partial charge in [-0.05, 0) is 0 Å². The molecule has 0 rings (SSSR count). The van der Waals surface area contributed by atoms with Crippen molar-refractivity contribution in [3.63, 3.8) is 0 Å². The standard InChI is InChI=1S/C8H18NO2.ClH/c1-5-8(10)11-7-6-9(2,3)4;/h5-7H2,1-4H3;1H/q+1;. The number of ether oxygens (including phenoxy) is 1. The minimum atomic E-state index is -0.113. The SMILES string of the molecule is CCC(=O)OCC[N+](C)(C)C.Cl. The van der Waals surface area contributed by atoms with Crippen LogP contribution in [0.2, 0.25) is 0 Å². The van der Waals surface area contributed by atoms with Crippen molar-refractivity contribution in [2.75, 3.05) is 34.3 Å². The smallest absolute Gasteiger partial charge is 0.305 e. The van der Waals surface area contributed by atoms with Crippen LogP contribution in [-0.4, -0.2) is 44.7 Å². The van der Waals surface area contributed by atoms with Gasteiger partial charge in [0.05, 0.1) is 21.1 Å². The minimum absolute atomic E-state index is 0. The van der Waals surface area contributed by atoms with Crippen LogP contribution in [-0.2, 0) is 9.53 Å². The van der Waals surface area contributed by atoms with E-state index < -0.39 is 0 Å². The van der Waals surface area contributed by atoms with Crippen LogP contribution in [0.5, 0.6) is 0 Å². The monoisotopic (exact) mass is 196 g/mol. The number of rotatable bonds is 4. The Bertz CT molecular complexity index is 132. The molecule has 0 saturated heterocycles. The number of hydrogen-bond acceptors (Lipinski definition) is 2. The minimum Gasteiger partial charge on any atom is -0.460 e. The lowest BCUT2D eigenvalue weighted by atomic mass is 10.5. The van der Waals surface area contributed by atoms with Crippen molar-refractivity contribution in [3.8, 4) is 0 Å². The van der Waals surface area contributed by atoms with E-state index in [1.165, 1.54) is 0 Å². The Morgan fingerprint density at radius 2 is 1.83 bits per heavy atom. The van der Waals surface area contributed by atoms with Gasteiger partial charge in [0.2, 0.25) is 0 Å². The second-order valence-corrected chi connectivity index (χ2v) is 3.59. The van der Waals surface area contributed by atoms with Gasteiger partial charge in [-0.3, -0.25) is 4.79 Å². The first-order chi connectivity index (χ1) is 4.95. The van der Waals surface area contributed by atoms with Crippen molar-refractivity contribution in [3.05, 3.63) is 0 Å². The van der Waals surface area contributed by atoms with Gasteiger partial charge in [-0.25, -0.2) is 0 Å². The third-order valence-electron chi connectivity index (χ3n) is 1.31. The van der Waals surface area contributed by atoms with Crippen molar-refractivity contribution >= 4 is 18.4 Å². The highest BCUT2D eigenvalue weighted by Gasteiger charge is 2.07. The largest absolute Gasteiger partial charge is 0.460 e. The van der Waals surface area contributed by atoms with Gasteiger partial charge >= 0.3 is 5.97 Å². The summed E-state index contributed by atoms with van der Waals surface area (Å²) in [7, 11) is 6.21. The Balaban J connectivity index is 0. The molecule has 4 heteroatoms. The number of likely N-dealkylation sites (N-methyl/N-ethyl adjacent to an activating group) is 1. The fourth-order valence-corrected chi connectivity index (χ4v) is 0.535. The van der Waals surface area contributed by atoms with E-state index in [-0.39, 0.29) is 18.4 Å². The van der Waals surface area contributed by atoms with Crippen LogP contribution in [0.3, 0.4) is 0 Å². The van der Waals surface area contributed by atoms with E-state index in [0.717, 1.165) is 11.0 Å². The summed E-state index contributed by atoms with van der Waals surface area (Å²) < 4.78 is 5.74. The molecule has 0 aliphatic heterocycles. The van der Waals surface area contributed by atoms with Crippen molar-refractivity contribution in [1.29, 1.82) is 0 Å². The molecule has 0 aromatic rings. The van der Waals surface area contributed by atoms with Crippen molar-refractivity contribution in [1.82, 2.24) is 0 Å². The number of quaternary nitrogens is 1. The number of hydrogen-bond donors (Lipinski definition) is 0. The highest BCUT2D eigenvalue weighted by Crippen LogP contribution is 1.91. The Kier molecular flexibility index (Phi) is 7.44. The number of esters is 1. The van der Waals surface area contributed by atoms with E-state index in [1.54, 1.807) is 6.92 Å². The fraction of sp³-hybridized carbons (Fsp3) is 0.875. The number of carbonyl (C=O) groups excluding carboxylic acids is 1. The summed E-state index contributed by atoms with van der Waals surface area (Å²) >= 11 is 0. The Labute approximate surface area is 80.7 Å². The van der Waals surface area contributed by atoms with Gasteiger partial charge in [0.25, 0.3) is 0 Å². The molecule has 3 nitrogen and oxygen atoms in total. The molecule has 12 heavy (non-hydrogen) atoms. The van der Waals surface area contributed by atoms with Gasteiger partial charge in [0, 0.05) is 6.42 Å². The normalized spacial score (nSPS) is 10.3. The van der Waals surface area contributed by atoms with Gasteiger partial charge < -0.3 is 9.22 Å². The molecule has 0 heterocycles. The van der Waals surface area contributed by atoms with Crippen molar-refractivity contribution in [2.24, 2.45) is 0 Å².